The van der Waals surface area contributed by atoms with Gasteiger partial charge in [-0.25, -0.2) is 0 Å². The van der Waals surface area contributed by atoms with E-state index in [1.165, 1.54) is 0 Å². The van der Waals surface area contributed by atoms with Crippen molar-refractivity contribution in [3.8, 4) is 17.2 Å². The Hall–Kier alpha value is -2.32. The van der Waals surface area contributed by atoms with Crippen LogP contribution in [0.2, 0.25) is 0 Å². The molecule has 31 heavy (non-hydrogen) atoms. The van der Waals surface area contributed by atoms with Gasteiger partial charge >= 0.3 is 0 Å². The zero-order chi connectivity index (χ0) is 21.9. The average molecular weight is 431 g/mol. The monoisotopic (exact) mass is 430 g/mol. The van der Waals surface area contributed by atoms with Crippen LogP contribution in [0, 0.1) is 0 Å². The van der Waals surface area contributed by atoms with Crippen LogP contribution in [-0.2, 0) is 11.3 Å². The number of aliphatic hydroxyl groups is 1. The molecule has 1 saturated heterocycles. The molecule has 0 radical (unpaired) electrons. The standard InChI is InChI=1S/C24H34N2O5/c1-25(18-21(27)19-31-22-6-4-3-5-7-22)17-20-8-9-23(24(16-20)28-2)30-15-12-26-10-13-29-14-11-26/h3-9,16,21,27H,10-15,17-19H2,1-2H3. The lowest BCUT2D eigenvalue weighted by Gasteiger charge is -2.26. The van der Waals surface area contributed by atoms with Gasteiger partial charge in [-0.15, -0.1) is 0 Å². The van der Waals surface area contributed by atoms with Gasteiger partial charge in [0, 0.05) is 32.7 Å². The van der Waals surface area contributed by atoms with Crippen LogP contribution in [0.1, 0.15) is 5.56 Å². The van der Waals surface area contributed by atoms with Crippen molar-refractivity contribution >= 4 is 0 Å². The average Bonchev–Trinajstić information content (AvgIpc) is 2.80. The molecule has 0 bridgehead atoms. The van der Waals surface area contributed by atoms with Crippen molar-refractivity contribution in [2.75, 3.05) is 66.8 Å². The van der Waals surface area contributed by atoms with Crippen LogP contribution in [0.25, 0.3) is 0 Å². The molecule has 0 aliphatic carbocycles. The Morgan fingerprint density at radius 2 is 1.84 bits per heavy atom. The maximum absolute atomic E-state index is 10.3. The first-order chi connectivity index (χ1) is 15.1. The minimum atomic E-state index is -0.574. The number of hydrogen-bond acceptors (Lipinski definition) is 7. The second-order valence-corrected chi connectivity index (χ2v) is 7.76. The fourth-order valence-electron chi connectivity index (χ4n) is 3.54. The van der Waals surface area contributed by atoms with Crippen LogP contribution in [0.15, 0.2) is 48.5 Å². The zero-order valence-corrected chi connectivity index (χ0v) is 18.5. The van der Waals surface area contributed by atoms with Gasteiger partial charge < -0.3 is 24.1 Å². The van der Waals surface area contributed by atoms with Crippen molar-refractivity contribution in [3.05, 3.63) is 54.1 Å². The number of para-hydroxylation sites is 1. The molecule has 2 aromatic rings. The minimum Gasteiger partial charge on any atom is -0.493 e. The predicted molar refractivity (Wildman–Crippen MR) is 120 cm³/mol. The van der Waals surface area contributed by atoms with Crippen LogP contribution in [0.5, 0.6) is 17.2 Å². The van der Waals surface area contributed by atoms with E-state index >= 15 is 0 Å². The Morgan fingerprint density at radius 1 is 1.06 bits per heavy atom. The highest BCUT2D eigenvalue weighted by atomic mass is 16.5. The molecule has 7 nitrogen and oxygen atoms in total. The first-order valence-electron chi connectivity index (χ1n) is 10.8. The third kappa shape index (κ3) is 8.03. The van der Waals surface area contributed by atoms with Gasteiger partial charge in [-0.05, 0) is 36.9 Å². The summed E-state index contributed by atoms with van der Waals surface area (Å²) in [5.41, 5.74) is 1.09. The molecule has 1 N–H and O–H groups in total. The number of benzene rings is 2. The van der Waals surface area contributed by atoms with Crippen LogP contribution in [0.3, 0.4) is 0 Å². The van der Waals surface area contributed by atoms with E-state index in [-0.39, 0.29) is 6.61 Å². The van der Waals surface area contributed by atoms with Gasteiger partial charge in [0.15, 0.2) is 11.5 Å². The fourth-order valence-corrected chi connectivity index (χ4v) is 3.54. The highest BCUT2D eigenvalue weighted by molar-refractivity contribution is 5.43. The van der Waals surface area contributed by atoms with Crippen LogP contribution < -0.4 is 14.2 Å². The zero-order valence-electron chi connectivity index (χ0n) is 18.5. The first-order valence-corrected chi connectivity index (χ1v) is 10.8. The number of ether oxygens (including phenoxy) is 4. The Morgan fingerprint density at radius 3 is 2.58 bits per heavy atom. The molecule has 1 heterocycles. The molecular weight excluding hydrogens is 396 g/mol. The molecule has 3 rings (SSSR count). The topological polar surface area (TPSA) is 63.6 Å². The van der Waals surface area contributed by atoms with Crippen molar-refractivity contribution in [2.45, 2.75) is 12.6 Å². The maximum atomic E-state index is 10.3. The van der Waals surface area contributed by atoms with Gasteiger partial charge in [-0.1, -0.05) is 24.3 Å². The lowest BCUT2D eigenvalue weighted by molar-refractivity contribution is 0.0321. The largest absolute Gasteiger partial charge is 0.493 e. The van der Waals surface area contributed by atoms with Gasteiger partial charge in [0.05, 0.1) is 20.3 Å². The van der Waals surface area contributed by atoms with Crippen LogP contribution >= 0.6 is 0 Å². The fraction of sp³-hybridized carbons (Fsp3) is 0.500. The molecule has 1 atom stereocenters. The molecular formula is C24H34N2O5. The van der Waals surface area contributed by atoms with Crippen LogP contribution in [-0.4, -0.2) is 87.8 Å². The van der Waals surface area contributed by atoms with Crippen molar-refractivity contribution < 1.29 is 24.1 Å². The third-order valence-electron chi connectivity index (χ3n) is 5.16. The Labute approximate surface area is 185 Å². The quantitative estimate of drug-likeness (QED) is 0.554. The van der Waals surface area contributed by atoms with Crippen molar-refractivity contribution in [3.63, 3.8) is 0 Å². The summed E-state index contributed by atoms with van der Waals surface area (Å²) in [6, 6.07) is 15.5. The number of hydrogen-bond donors (Lipinski definition) is 1. The maximum Gasteiger partial charge on any atom is 0.161 e. The second-order valence-electron chi connectivity index (χ2n) is 7.76. The molecule has 0 amide bonds. The van der Waals surface area contributed by atoms with Gasteiger partial charge in [0.1, 0.15) is 25.1 Å². The highest BCUT2D eigenvalue weighted by Crippen LogP contribution is 2.28. The summed E-state index contributed by atoms with van der Waals surface area (Å²) in [5, 5.41) is 10.3. The van der Waals surface area contributed by atoms with Crippen molar-refractivity contribution in [2.24, 2.45) is 0 Å². The summed E-state index contributed by atoms with van der Waals surface area (Å²) in [6.07, 6.45) is -0.574. The lowest BCUT2D eigenvalue weighted by Crippen LogP contribution is -2.38. The van der Waals surface area contributed by atoms with E-state index in [9.17, 15) is 5.11 Å². The number of morpholine rings is 1. The SMILES string of the molecule is COc1cc(CN(C)CC(O)COc2ccccc2)ccc1OCCN1CCOCC1. The Kier molecular flexibility index (Phi) is 9.42. The molecule has 1 aliphatic rings. The lowest BCUT2D eigenvalue weighted by atomic mass is 10.2. The predicted octanol–water partition coefficient (Wildman–Crippen LogP) is 2.28. The van der Waals surface area contributed by atoms with E-state index in [1.807, 2.05) is 55.6 Å². The Bertz CT molecular complexity index is 768. The smallest absolute Gasteiger partial charge is 0.161 e. The van der Waals surface area contributed by atoms with E-state index in [2.05, 4.69) is 9.80 Å². The third-order valence-corrected chi connectivity index (χ3v) is 5.16. The molecule has 170 valence electrons. The van der Waals surface area contributed by atoms with Gasteiger partial charge in [0.25, 0.3) is 0 Å². The van der Waals surface area contributed by atoms with E-state index < -0.39 is 6.10 Å². The number of likely N-dealkylation sites (N-methyl/N-ethyl adjacent to an activating group) is 1. The van der Waals surface area contributed by atoms with E-state index in [1.54, 1.807) is 7.11 Å². The summed E-state index contributed by atoms with van der Waals surface area (Å²) in [4.78, 5) is 4.40. The summed E-state index contributed by atoms with van der Waals surface area (Å²) in [5.74, 6) is 2.23. The number of nitrogens with zero attached hydrogens (tertiary/aromatic N) is 2. The van der Waals surface area contributed by atoms with Gasteiger partial charge in [-0.3, -0.25) is 9.80 Å². The van der Waals surface area contributed by atoms with E-state index in [0.717, 1.165) is 55.7 Å². The summed E-state index contributed by atoms with van der Waals surface area (Å²) in [6.45, 7) is 6.43. The number of rotatable bonds is 12. The number of aliphatic hydroxyl groups excluding tert-OH is 1. The summed E-state index contributed by atoms with van der Waals surface area (Å²) in [7, 11) is 3.63. The molecule has 1 fully saturated rings. The minimum absolute atomic E-state index is 0.258. The van der Waals surface area contributed by atoms with Crippen molar-refractivity contribution in [1.29, 1.82) is 0 Å². The molecule has 0 spiro atoms. The van der Waals surface area contributed by atoms with E-state index in [4.69, 9.17) is 18.9 Å². The Balaban J connectivity index is 1.43. The molecule has 0 aromatic heterocycles. The van der Waals surface area contributed by atoms with Gasteiger partial charge in [0.2, 0.25) is 0 Å². The molecule has 0 saturated carbocycles. The molecule has 7 heteroatoms. The van der Waals surface area contributed by atoms with Crippen LogP contribution in [0.4, 0.5) is 0 Å². The molecule has 1 unspecified atom stereocenters. The first kappa shape index (κ1) is 23.3. The van der Waals surface area contributed by atoms with E-state index in [0.29, 0.717) is 19.7 Å². The summed E-state index contributed by atoms with van der Waals surface area (Å²) < 4.78 is 22.5. The molecule has 1 aliphatic heterocycles. The van der Waals surface area contributed by atoms with Crippen molar-refractivity contribution in [1.82, 2.24) is 9.80 Å². The molecule has 2 aromatic carbocycles. The number of methoxy groups -OCH3 is 1. The summed E-state index contributed by atoms with van der Waals surface area (Å²) >= 11 is 0. The second kappa shape index (κ2) is 12.5. The highest BCUT2D eigenvalue weighted by Gasteiger charge is 2.13. The normalized spacial score (nSPS) is 15.6. The van der Waals surface area contributed by atoms with Gasteiger partial charge in [-0.2, -0.15) is 0 Å².